The highest BCUT2D eigenvalue weighted by molar-refractivity contribution is 7.93. The molecule has 0 radical (unpaired) electrons. The quantitative estimate of drug-likeness (QED) is 0.843. The molecule has 0 N–H and O–H groups in total. The van der Waals surface area contributed by atoms with Crippen molar-refractivity contribution in [3.8, 4) is 0 Å². The zero-order valence-corrected chi connectivity index (χ0v) is 13.8. The maximum atomic E-state index is 14.1. The summed E-state index contributed by atoms with van der Waals surface area (Å²) in [6.07, 6.45) is 0. The van der Waals surface area contributed by atoms with Crippen LogP contribution in [0.25, 0.3) is 0 Å². The molecule has 2 aromatic rings. The number of benzene rings is 1. The first-order valence-electron chi connectivity index (χ1n) is 6.86. The van der Waals surface area contributed by atoms with Gasteiger partial charge in [0.1, 0.15) is 11.6 Å². The molecule has 0 aliphatic rings. The summed E-state index contributed by atoms with van der Waals surface area (Å²) in [6, 6.07) is 5.80. The largest absolute Gasteiger partial charge is 0.317 e. The third kappa shape index (κ3) is 2.96. The summed E-state index contributed by atoms with van der Waals surface area (Å²) in [5.41, 5.74) is 0.0110. The number of aromatic nitrogens is 3. The van der Waals surface area contributed by atoms with Crippen LogP contribution in [0, 0.1) is 12.7 Å². The first kappa shape index (κ1) is 16.4. The lowest BCUT2D eigenvalue weighted by Crippen LogP contribution is -2.37. The van der Waals surface area contributed by atoms with E-state index in [0.717, 1.165) is 4.31 Å². The molecule has 0 aliphatic carbocycles. The van der Waals surface area contributed by atoms with Gasteiger partial charge in [-0.2, -0.15) is 0 Å². The molecule has 0 spiro atoms. The van der Waals surface area contributed by atoms with E-state index in [1.807, 2.05) is 0 Å². The molecular weight excluding hydrogens is 307 g/mol. The minimum absolute atomic E-state index is 0.0110. The molecule has 0 saturated heterocycles. The molecule has 2 rings (SSSR count). The van der Waals surface area contributed by atoms with Crippen molar-refractivity contribution < 1.29 is 12.8 Å². The van der Waals surface area contributed by atoms with E-state index < -0.39 is 21.1 Å². The van der Waals surface area contributed by atoms with Crippen LogP contribution < -0.4 is 4.31 Å². The molecule has 1 heterocycles. The van der Waals surface area contributed by atoms with E-state index in [4.69, 9.17) is 0 Å². The minimum atomic E-state index is -3.71. The summed E-state index contributed by atoms with van der Waals surface area (Å²) in [6.45, 7) is 4.82. The summed E-state index contributed by atoms with van der Waals surface area (Å²) in [4.78, 5) is 0. The highest BCUT2D eigenvalue weighted by Gasteiger charge is 2.29. The average Bonchev–Trinajstić information content (AvgIpc) is 2.77. The van der Waals surface area contributed by atoms with Gasteiger partial charge in [-0.25, -0.2) is 12.8 Å². The van der Waals surface area contributed by atoms with Crippen LogP contribution in [0.1, 0.15) is 25.5 Å². The van der Waals surface area contributed by atoms with Gasteiger partial charge in [0.05, 0.1) is 17.5 Å². The number of rotatable bonds is 5. The molecule has 1 aromatic carbocycles. The van der Waals surface area contributed by atoms with E-state index in [2.05, 4.69) is 10.2 Å². The van der Waals surface area contributed by atoms with Crippen molar-refractivity contribution >= 4 is 15.7 Å². The molecule has 6 nitrogen and oxygen atoms in total. The number of anilines is 1. The minimum Gasteiger partial charge on any atom is -0.317 e. The Balaban J connectivity index is 2.52. The first-order valence-corrected chi connectivity index (χ1v) is 8.36. The Morgan fingerprint density at radius 3 is 2.41 bits per heavy atom. The Bertz CT molecular complexity index is 771. The van der Waals surface area contributed by atoms with Crippen molar-refractivity contribution in [1.29, 1.82) is 0 Å². The third-order valence-corrected chi connectivity index (χ3v) is 5.62. The second kappa shape index (κ2) is 6.04. The number of aryl methyl sites for hydroxylation is 1. The van der Waals surface area contributed by atoms with Crippen molar-refractivity contribution in [2.45, 2.75) is 32.6 Å². The smallest absolute Gasteiger partial charge is 0.237 e. The molecule has 120 valence electrons. The zero-order chi connectivity index (χ0) is 16.5. The van der Waals surface area contributed by atoms with Gasteiger partial charge < -0.3 is 4.57 Å². The first-order chi connectivity index (χ1) is 10.2. The lowest BCUT2D eigenvalue weighted by atomic mass is 10.3. The van der Waals surface area contributed by atoms with Gasteiger partial charge in [-0.15, -0.1) is 10.2 Å². The van der Waals surface area contributed by atoms with Crippen LogP contribution in [-0.4, -0.2) is 28.4 Å². The van der Waals surface area contributed by atoms with E-state index in [1.54, 1.807) is 38.5 Å². The van der Waals surface area contributed by atoms with Gasteiger partial charge in [0.15, 0.2) is 5.82 Å². The highest BCUT2D eigenvalue weighted by Crippen LogP contribution is 2.25. The van der Waals surface area contributed by atoms with Crippen molar-refractivity contribution in [3.05, 3.63) is 41.7 Å². The van der Waals surface area contributed by atoms with Crippen molar-refractivity contribution in [2.75, 3.05) is 4.31 Å². The van der Waals surface area contributed by atoms with Crippen LogP contribution in [0.4, 0.5) is 10.1 Å². The Hall–Kier alpha value is -1.96. The lowest BCUT2D eigenvalue weighted by Gasteiger charge is -2.26. The predicted octanol–water partition coefficient (Wildman–Crippen LogP) is 2.01. The fourth-order valence-electron chi connectivity index (χ4n) is 1.94. The third-order valence-electron chi connectivity index (χ3n) is 3.49. The number of sulfonamides is 1. The molecule has 0 fully saturated rings. The summed E-state index contributed by atoms with van der Waals surface area (Å²) < 4.78 is 42.0. The molecule has 0 bridgehead atoms. The van der Waals surface area contributed by atoms with Gasteiger partial charge >= 0.3 is 0 Å². The van der Waals surface area contributed by atoms with E-state index in [1.165, 1.54) is 18.2 Å². The van der Waals surface area contributed by atoms with Crippen LogP contribution in [0.5, 0.6) is 0 Å². The summed E-state index contributed by atoms with van der Waals surface area (Å²) in [7, 11) is -1.97. The van der Waals surface area contributed by atoms with Gasteiger partial charge in [-0.3, -0.25) is 4.31 Å². The Labute approximate surface area is 129 Å². The second-order valence-electron chi connectivity index (χ2n) is 5.27. The van der Waals surface area contributed by atoms with E-state index in [-0.39, 0.29) is 12.2 Å². The summed E-state index contributed by atoms with van der Waals surface area (Å²) >= 11 is 0. The van der Waals surface area contributed by atoms with Crippen LogP contribution in [0.2, 0.25) is 0 Å². The van der Waals surface area contributed by atoms with Gasteiger partial charge in [-0.05, 0) is 32.9 Å². The summed E-state index contributed by atoms with van der Waals surface area (Å²) in [5, 5.41) is 7.20. The molecule has 0 saturated carbocycles. The molecule has 0 amide bonds. The fraction of sp³-hybridized carbons (Fsp3) is 0.429. The maximum Gasteiger partial charge on any atom is 0.237 e. The second-order valence-corrected chi connectivity index (χ2v) is 7.69. The molecule has 1 aromatic heterocycles. The number of para-hydroxylation sites is 1. The lowest BCUT2D eigenvalue weighted by molar-refractivity contribution is 0.573. The van der Waals surface area contributed by atoms with Crippen molar-refractivity contribution in [2.24, 2.45) is 7.05 Å². The molecular formula is C14H19FN4O2S. The van der Waals surface area contributed by atoms with Crippen LogP contribution in [0.15, 0.2) is 24.3 Å². The van der Waals surface area contributed by atoms with Gasteiger partial charge in [0.25, 0.3) is 0 Å². The zero-order valence-electron chi connectivity index (χ0n) is 13.0. The Kier molecular flexibility index (Phi) is 4.50. The number of nitrogens with zero attached hydrogens (tertiary/aromatic N) is 4. The van der Waals surface area contributed by atoms with Gasteiger partial charge in [0.2, 0.25) is 10.0 Å². The fourth-order valence-corrected chi connectivity index (χ4v) is 3.16. The predicted molar refractivity (Wildman–Crippen MR) is 82.4 cm³/mol. The number of hydrogen-bond donors (Lipinski definition) is 0. The van der Waals surface area contributed by atoms with Gasteiger partial charge in [-0.1, -0.05) is 12.1 Å². The normalized spacial score (nSPS) is 11.9. The average molecular weight is 326 g/mol. The van der Waals surface area contributed by atoms with Crippen LogP contribution in [-0.2, 0) is 23.6 Å². The van der Waals surface area contributed by atoms with E-state index >= 15 is 0 Å². The Morgan fingerprint density at radius 2 is 1.91 bits per heavy atom. The molecule has 0 aliphatic heterocycles. The monoisotopic (exact) mass is 326 g/mol. The van der Waals surface area contributed by atoms with E-state index in [9.17, 15) is 12.8 Å². The molecule has 22 heavy (non-hydrogen) atoms. The van der Waals surface area contributed by atoms with E-state index in [0.29, 0.717) is 11.6 Å². The SMILES string of the molecule is Cc1nnc(CN(c2ccccc2F)S(=O)(=O)C(C)C)n1C. The molecule has 0 atom stereocenters. The molecule has 0 unspecified atom stereocenters. The van der Waals surface area contributed by atoms with Crippen molar-refractivity contribution in [1.82, 2.24) is 14.8 Å². The molecule has 8 heteroatoms. The number of halogens is 1. The van der Waals surface area contributed by atoms with Crippen LogP contribution >= 0.6 is 0 Å². The van der Waals surface area contributed by atoms with Crippen LogP contribution in [0.3, 0.4) is 0 Å². The Morgan fingerprint density at radius 1 is 1.27 bits per heavy atom. The topological polar surface area (TPSA) is 68.1 Å². The van der Waals surface area contributed by atoms with Gasteiger partial charge in [0, 0.05) is 7.05 Å². The van der Waals surface area contributed by atoms with Crippen molar-refractivity contribution in [3.63, 3.8) is 0 Å². The maximum absolute atomic E-state index is 14.1. The number of hydrogen-bond acceptors (Lipinski definition) is 4. The standard InChI is InChI=1S/C14H19FN4O2S/c1-10(2)22(20,21)19(13-8-6-5-7-12(13)15)9-14-17-16-11(3)18(14)4/h5-8,10H,9H2,1-4H3. The summed E-state index contributed by atoms with van der Waals surface area (Å²) in [5.74, 6) is 0.515. The highest BCUT2D eigenvalue weighted by atomic mass is 32.2.